The van der Waals surface area contributed by atoms with Crippen LogP contribution in [0.4, 0.5) is 0 Å². The van der Waals surface area contributed by atoms with E-state index in [9.17, 15) is 9.90 Å². The number of carboxylic acids is 1. The summed E-state index contributed by atoms with van der Waals surface area (Å²) in [6, 6.07) is 13.7. The minimum Gasteiger partial charge on any atom is -0.481 e. The molecule has 96 valence electrons. The number of fused-ring (bicyclic) bond motifs is 2. The van der Waals surface area contributed by atoms with Crippen molar-refractivity contribution in [3.63, 3.8) is 0 Å². The SMILES string of the molecule is O=C(O)[C@@H]1c2ccccc2CSc2ccc(Br)cc21. The molecular formula is C15H11BrO2S. The van der Waals surface area contributed by atoms with Crippen molar-refractivity contribution in [2.24, 2.45) is 0 Å². The molecule has 1 atom stereocenters. The number of carbonyl (C=O) groups is 1. The van der Waals surface area contributed by atoms with Crippen LogP contribution in [0, 0.1) is 0 Å². The lowest BCUT2D eigenvalue weighted by molar-refractivity contribution is -0.137. The van der Waals surface area contributed by atoms with Gasteiger partial charge in [-0.1, -0.05) is 40.2 Å². The molecule has 19 heavy (non-hydrogen) atoms. The maximum Gasteiger partial charge on any atom is 0.315 e. The van der Waals surface area contributed by atoms with Crippen LogP contribution in [0.5, 0.6) is 0 Å². The topological polar surface area (TPSA) is 37.3 Å². The first kappa shape index (κ1) is 12.8. The van der Waals surface area contributed by atoms with E-state index in [0.717, 1.165) is 31.8 Å². The third-order valence-corrected chi connectivity index (χ3v) is 4.91. The fourth-order valence-corrected chi connectivity index (χ4v) is 3.87. The third-order valence-electron chi connectivity index (χ3n) is 3.28. The number of thioether (sulfide) groups is 1. The molecule has 1 aliphatic rings. The lowest BCUT2D eigenvalue weighted by atomic mass is 9.89. The van der Waals surface area contributed by atoms with Gasteiger partial charge in [0.2, 0.25) is 0 Å². The van der Waals surface area contributed by atoms with Crippen molar-refractivity contribution in [1.82, 2.24) is 0 Å². The van der Waals surface area contributed by atoms with Gasteiger partial charge in [0.1, 0.15) is 5.92 Å². The minimum absolute atomic E-state index is 0.585. The maximum absolute atomic E-state index is 11.7. The molecule has 2 aromatic carbocycles. The second kappa shape index (κ2) is 5.02. The molecule has 0 fully saturated rings. The third kappa shape index (κ3) is 2.30. The lowest BCUT2D eigenvalue weighted by Gasteiger charge is -2.15. The fraction of sp³-hybridized carbons (Fsp3) is 0.133. The molecule has 0 saturated carbocycles. The van der Waals surface area contributed by atoms with Gasteiger partial charge in [0, 0.05) is 15.1 Å². The highest BCUT2D eigenvalue weighted by Gasteiger charge is 2.29. The molecule has 1 aliphatic heterocycles. The number of carboxylic acid groups (broad SMARTS) is 1. The summed E-state index contributed by atoms with van der Waals surface area (Å²) in [4.78, 5) is 12.8. The van der Waals surface area contributed by atoms with Gasteiger partial charge in [0.25, 0.3) is 0 Å². The number of aliphatic carboxylic acids is 1. The van der Waals surface area contributed by atoms with Crippen molar-refractivity contribution in [1.29, 1.82) is 0 Å². The van der Waals surface area contributed by atoms with E-state index in [0.29, 0.717) is 0 Å². The van der Waals surface area contributed by atoms with E-state index in [-0.39, 0.29) is 0 Å². The molecule has 2 aromatic rings. The molecule has 4 heteroatoms. The Labute approximate surface area is 124 Å². The van der Waals surface area contributed by atoms with Gasteiger partial charge in [0.05, 0.1) is 0 Å². The highest BCUT2D eigenvalue weighted by molar-refractivity contribution is 9.10. The second-order valence-corrected chi connectivity index (χ2v) is 6.37. The van der Waals surface area contributed by atoms with Gasteiger partial charge < -0.3 is 5.11 Å². The van der Waals surface area contributed by atoms with Crippen LogP contribution in [0.2, 0.25) is 0 Å². The Hall–Kier alpha value is -1.26. The number of halogens is 1. The molecule has 1 N–H and O–H groups in total. The summed E-state index contributed by atoms with van der Waals surface area (Å²) in [5, 5.41) is 9.62. The number of hydrogen-bond acceptors (Lipinski definition) is 2. The van der Waals surface area contributed by atoms with Crippen molar-refractivity contribution < 1.29 is 9.90 Å². The van der Waals surface area contributed by atoms with Gasteiger partial charge in [-0.3, -0.25) is 4.79 Å². The molecule has 0 spiro atoms. The van der Waals surface area contributed by atoms with E-state index in [1.54, 1.807) is 11.8 Å². The summed E-state index contributed by atoms with van der Waals surface area (Å²) in [6.07, 6.45) is 0. The predicted molar refractivity (Wildman–Crippen MR) is 79.6 cm³/mol. The van der Waals surface area contributed by atoms with Crippen molar-refractivity contribution >= 4 is 33.7 Å². The van der Waals surface area contributed by atoms with E-state index >= 15 is 0 Å². The van der Waals surface area contributed by atoms with Crippen molar-refractivity contribution in [3.05, 3.63) is 63.6 Å². The van der Waals surface area contributed by atoms with Gasteiger partial charge in [-0.05, 0) is 34.9 Å². The summed E-state index contributed by atoms with van der Waals surface area (Å²) in [7, 11) is 0. The normalized spacial score (nSPS) is 17.2. The van der Waals surface area contributed by atoms with Crippen LogP contribution in [0.15, 0.2) is 51.8 Å². The molecule has 0 aliphatic carbocycles. The van der Waals surface area contributed by atoms with E-state index in [2.05, 4.69) is 15.9 Å². The smallest absolute Gasteiger partial charge is 0.315 e. The zero-order valence-electron chi connectivity index (χ0n) is 9.97. The van der Waals surface area contributed by atoms with Crippen LogP contribution in [0.1, 0.15) is 22.6 Å². The monoisotopic (exact) mass is 334 g/mol. The standard InChI is InChI=1S/C15H11BrO2S/c16-10-5-6-13-12(7-10)14(15(17)18)11-4-2-1-3-9(11)8-19-13/h1-7,14H,8H2,(H,17,18)/t14-/m1/s1. The summed E-state index contributed by atoms with van der Waals surface area (Å²) in [5.74, 6) is -0.567. The predicted octanol–water partition coefficient (Wildman–Crippen LogP) is 4.27. The molecule has 1 heterocycles. The van der Waals surface area contributed by atoms with E-state index in [1.165, 1.54) is 0 Å². The average molecular weight is 335 g/mol. The molecule has 0 unspecified atom stereocenters. The van der Waals surface area contributed by atoms with Crippen LogP contribution < -0.4 is 0 Å². The Morgan fingerprint density at radius 2 is 2.00 bits per heavy atom. The first-order chi connectivity index (χ1) is 9.16. The summed E-state index contributed by atoms with van der Waals surface area (Å²) >= 11 is 5.13. The van der Waals surface area contributed by atoms with Gasteiger partial charge in [-0.15, -0.1) is 11.8 Å². The molecule has 3 rings (SSSR count). The first-order valence-electron chi connectivity index (χ1n) is 5.89. The van der Waals surface area contributed by atoms with Crippen LogP contribution >= 0.6 is 27.7 Å². The number of hydrogen-bond donors (Lipinski definition) is 1. The zero-order chi connectivity index (χ0) is 13.4. The maximum atomic E-state index is 11.7. The lowest BCUT2D eigenvalue weighted by Crippen LogP contribution is -2.14. The highest BCUT2D eigenvalue weighted by Crippen LogP contribution is 2.41. The van der Waals surface area contributed by atoms with E-state index < -0.39 is 11.9 Å². The summed E-state index contributed by atoms with van der Waals surface area (Å²) in [5.41, 5.74) is 2.88. The quantitative estimate of drug-likeness (QED) is 0.846. The van der Waals surface area contributed by atoms with Crippen molar-refractivity contribution in [2.75, 3.05) is 0 Å². The zero-order valence-corrected chi connectivity index (χ0v) is 12.4. The Kier molecular flexibility index (Phi) is 3.37. The van der Waals surface area contributed by atoms with Crippen LogP contribution in [-0.2, 0) is 10.5 Å². The van der Waals surface area contributed by atoms with Gasteiger partial charge >= 0.3 is 5.97 Å². The minimum atomic E-state index is -0.797. The highest BCUT2D eigenvalue weighted by atomic mass is 79.9. The number of benzene rings is 2. The Morgan fingerprint density at radius 1 is 1.21 bits per heavy atom. The van der Waals surface area contributed by atoms with Gasteiger partial charge in [0.15, 0.2) is 0 Å². The van der Waals surface area contributed by atoms with E-state index in [4.69, 9.17) is 0 Å². The summed E-state index contributed by atoms with van der Waals surface area (Å²) in [6.45, 7) is 0. The molecular weight excluding hydrogens is 324 g/mol. The Bertz CT molecular complexity index is 654. The second-order valence-electron chi connectivity index (χ2n) is 4.44. The largest absolute Gasteiger partial charge is 0.481 e. The first-order valence-corrected chi connectivity index (χ1v) is 7.67. The average Bonchev–Trinajstić information content (AvgIpc) is 2.54. The summed E-state index contributed by atoms with van der Waals surface area (Å²) < 4.78 is 0.914. The Morgan fingerprint density at radius 3 is 2.79 bits per heavy atom. The van der Waals surface area contributed by atoms with Crippen LogP contribution in [0.25, 0.3) is 0 Å². The van der Waals surface area contributed by atoms with Gasteiger partial charge in [-0.2, -0.15) is 0 Å². The Balaban J connectivity index is 2.25. The fourth-order valence-electron chi connectivity index (χ4n) is 2.41. The van der Waals surface area contributed by atoms with Gasteiger partial charge in [-0.25, -0.2) is 0 Å². The molecule has 0 saturated heterocycles. The number of rotatable bonds is 1. The molecule has 2 nitrogen and oxygen atoms in total. The molecule has 0 amide bonds. The molecule has 0 aromatic heterocycles. The van der Waals surface area contributed by atoms with E-state index in [1.807, 2.05) is 42.5 Å². The van der Waals surface area contributed by atoms with Crippen LogP contribution in [0.3, 0.4) is 0 Å². The molecule has 0 bridgehead atoms. The molecule has 0 radical (unpaired) electrons. The van der Waals surface area contributed by atoms with Crippen LogP contribution in [-0.4, -0.2) is 11.1 Å². The van der Waals surface area contributed by atoms with Crippen molar-refractivity contribution in [3.8, 4) is 0 Å². The van der Waals surface area contributed by atoms with Crippen molar-refractivity contribution in [2.45, 2.75) is 16.6 Å².